The third-order valence-electron chi connectivity index (χ3n) is 12.4. The number of rotatable bonds is 22. The molecular weight excluding hydrogens is 1350 g/mol. The van der Waals surface area contributed by atoms with Crippen LogP contribution in [0.2, 0.25) is 5.28 Å². The number of phenolic OH excluding ortho intramolecular Hbond substituents is 2. The van der Waals surface area contributed by atoms with E-state index in [1.165, 1.54) is 36.2 Å². The summed E-state index contributed by atoms with van der Waals surface area (Å²) in [5, 5.41) is 72.1. The summed E-state index contributed by atoms with van der Waals surface area (Å²) < 4.78 is 167. The number of azo groups is 2. The maximum Gasteiger partial charge on any atom is 0.315 e. The van der Waals surface area contributed by atoms with E-state index in [0.717, 1.165) is 54.6 Å². The zero-order valence-electron chi connectivity index (χ0n) is 44.6. The molecule has 0 aliphatic heterocycles. The van der Waals surface area contributed by atoms with Crippen molar-refractivity contribution in [3.8, 4) is 11.5 Å². The number of para-hydroxylation sites is 1. The molecular formula is C49H34ClFN14O20S6. The van der Waals surface area contributed by atoms with Crippen molar-refractivity contribution >= 4 is 178 Å². The molecule has 11 N–H and O–H groups in total. The summed E-state index contributed by atoms with van der Waals surface area (Å²) in [6, 6.07) is 25.5. The van der Waals surface area contributed by atoms with Gasteiger partial charge in [0.25, 0.3) is 40.5 Å². The first-order valence-electron chi connectivity index (χ1n) is 24.4. The molecule has 0 fully saturated rings. The number of aromatic hydroxyl groups is 2. The molecule has 10 aromatic rings. The molecule has 10 rings (SSSR count). The Hall–Kier alpha value is -9.12. The predicted molar refractivity (Wildman–Crippen MR) is 320 cm³/mol. The lowest BCUT2D eigenvalue weighted by atomic mass is 10.1. The van der Waals surface area contributed by atoms with E-state index in [9.17, 15) is 62.1 Å². The number of fused-ring (bicyclic) bond motifs is 3. The van der Waals surface area contributed by atoms with Gasteiger partial charge in [-0.2, -0.15) is 68.0 Å². The first-order valence-corrected chi connectivity index (χ1v) is 32.0. The minimum Gasteiger partial charge on any atom is -0.505 e. The third-order valence-corrected chi connectivity index (χ3v) is 17.3. The first kappa shape index (κ1) is 64.9. The highest BCUT2D eigenvalue weighted by atomic mass is 35.5. The number of phenols is 2. The lowest BCUT2D eigenvalue weighted by Gasteiger charge is -2.18. The molecule has 0 spiro atoms. The molecule has 0 bridgehead atoms. The van der Waals surface area contributed by atoms with Crippen LogP contribution < -0.4 is 20.9 Å². The summed E-state index contributed by atoms with van der Waals surface area (Å²) in [6.07, 6.45) is -1.32. The molecule has 470 valence electrons. The Morgan fingerprint density at radius 2 is 1.07 bits per heavy atom. The summed E-state index contributed by atoms with van der Waals surface area (Å²) in [5.74, 6) is -3.67. The highest BCUT2D eigenvalue weighted by Crippen LogP contribution is 2.50. The van der Waals surface area contributed by atoms with Gasteiger partial charge in [0.05, 0.1) is 55.0 Å². The van der Waals surface area contributed by atoms with Crippen molar-refractivity contribution in [2.45, 2.75) is 29.4 Å². The van der Waals surface area contributed by atoms with E-state index >= 15 is 4.39 Å². The Labute approximate surface area is 522 Å². The van der Waals surface area contributed by atoms with Crippen LogP contribution in [0.1, 0.15) is 0 Å². The van der Waals surface area contributed by atoms with E-state index in [1.807, 2.05) is 0 Å². The topological polar surface area (TPSA) is 501 Å². The fourth-order valence-electron chi connectivity index (χ4n) is 8.66. The van der Waals surface area contributed by atoms with E-state index in [2.05, 4.69) is 85.1 Å². The van der Waals surface area contributed by atoms with Crippen LogP contribution in [0.3, 0.4) is 0 Å². The molecule has 0 amide bonds. The number of aromatic nitrogens is 6. The van der Waals surface area contributed by atoms with Gasteiger partial charge in [0, 0.05) is 34.6 Å². The van der Waals surface area contributed by atoms with Gasteiger partial charge in [-0.15, -0.1) is 29.1 Å². The highest BCUT2D eigenvalue weighted by molar-refractivity contribution is 7.95. The van der Waals surface area contributed by atoms with Gasteiger partial charge in [0.15, 0.2) is 11.5 Å². The maximum atomic E-state index is 15.1. The second kappa shape index (κ2) is 26.0. The van der Waals surface area contributed by atoms with Gasteiger partial charge in [-0.1, -0.05) is 58.6 Å². The van der Waals surface area contributed by atoms with Crippen molar-refractivity contribution in [1.82, 2.24) is 29.9 Å². The van der Waals surface area contributed by atoms with Crippen LogP contribution in [-0.2, 0) is 59.2 Å². The Bertz CT molecular complexity index is 5140. The standard InChI is InChI=1S/C49H34ClFN14O20S6/c1-65(26-8-3-2-4-9-26)49-58-45(51)57-48(60-49)54-33-21-28(89(73,74)75)16-24-18-35(87-85-83-69)40(42(67)38(24)33)64-62-31-19-25(12-14-36(31)90(76,77)78)52-46-55-44(50)56-47(59-46)53-32-20-27(88(70,71)72)15-23-17-34(86-84-82-68)39(41(66)37(23)32)63-61-30-13-11-22-7-5-6-10-29(22)43(30)91(79,80)81/h2-21,66-69H,1H3,(H,70,71,72)(H,73,74,75)(H,76,77,78)(H,79,80,81)(H,54,57,58,60)(H2,52,53,55,56,59)/b63-61+,64-62+. The van der Waals surface area contributed by atoms with E-state index in [1.54, 1.807) is 42.5 Å². The largest absolute Gasteiger partial charge is 0.505 e. The number of halogens is 2. The summed E-state index contributed by atoms with van der Waals surface area (Å²) in [6.45, 7) is 0. The lowest BCUT2D eigenvalue weighted by molar-refractivity contribution is -0.432. The quantitative estimate of drug-likeness (QED) is 0.00987. The molecule has 2 heterocycles. The van der Waals surface area contributed by atoms with Crippen LogP contribution in [0.15, 0.2) is 171 Å². The number of anilines is 8. The number of nitrogens with zero attached hydrogens (tertiary/aromatic N) is 11. The second-order valence-electron chi connectivity index (χ2n) is 18.1. The lowest BCUT2D eigenvalue weighted by Crippen LogP contribution is -2.15. The summed E-state index contributed by atoms with van der Waals surface area (Å²) >= 11 is 6.66. The molecule has 0 saturated heterocycles. The molecule has 8 aromatic carbocycles. The van der Waals surface area contributed by atoms with Crippen LogP contribution >= 0.6 is 35.7 Å². The van der Waals surface area contributed by atoms with Crippen LogP contribution in [0.4, 0.5) is 73.7 Å². The van der Waals surface area contributed by atoms with Gasteiger partial charge in [0.1, 0.15) is 32.5 Å². The van der Waals surface area contributed by atoms with Crippen LogP contribution in [0.25, 0.3) is 32.3 Å². The van der Waals surface area contributed by atoms with Crippen LogP contribution in [-0.4, -0.2) is 110 Å². The zero-order chi connectivity index (χ0) is 65.3. The third kappa shape index (κ3) is 14.6. The molecule has 0 unspecified atom stereocenters. The monoisotopic (exact) mass is 1380 g/mol. The second-order valence-corrected chi connectivity index (χ2v) is 25.5. The zero-order valence-corrected chi connectivity index (χ0v) is 50.3. The van der Waals surface area contributed by atoms with E-state index in [4.69, 9.17) is 22.1 Å². The van der Waals surface area contributed by atoms with Crippen molar-refractivity contribution in [1.29, 1.82) is 0 Å². The van der Waals surface area contributed by atoms with E-state index < -0.39 is 135 Å². The molecule has 0 aliphatic rings. The minimum absolute atomic E-state index is 0.0379. The number of benzene rings is 8. The normalized spacial score (nSPS) is 12.4. The Morgan fingerprint density at radius 3 is 1.60 bits per heavy atom. The van der Waals surface area contributed by atoms with Gasteiger partial charge in [0.2, 0.25) is 29.1 Å². The Morgan fingerprint density at radius 1 is 0.538 bits per heavy atom. The molecule has 0 atom stereocenters. The van der Waals surface area contributed by atoms with Gasteiger partial charge >= 0.3 is 6.08 Å². The van der Waals surface area contributed by atoms with Gasteiger partial charge < -0.3 is 31.1 Å². The van der Waals surface area contributed by atoms with Crippen molar-refractivity contribution in [2.75, 3.05) is 27.9 Å². The Balaban J connectivity index is 1.03. The SMILES string of the molecule is CN(c1ccccc1)c1nc(F)nc(Nc2cc(S(=O)(=O)O)cc3cc(SOOO)c(/N=N/c4cc(Nc5nc(Cl)nc(Nc6cc(S(=O)(=O)O)cc7cc(SOOO)c(/N=N/c8ccc9ccccc9c8S(=O)(=O)O)c(O)c67)n5)ccc4S(=O)(=O)O)c(O)c23)n1. The van der Waals surface area contributed by atoms with E-state index in [-0.39, 0.29) is 72.4 Å². The Kier molecular flexibility index (Phi) is 18.5. The number of nitrogens with one attached hydrogen (secondary N) is 3. The molecule has 2 aromatic heterocycles. The van der Waals surface area contributed by atoms with Crippen LogP contribution in [0.5, 0.6) is 11.5 Å². The molecule has 91 heavy (non-hydrogen) atoms. The smallest absolute Gasteiger partial charge is 0.315 e. The van der Waals surface area contributed by atoms with Crippen LogP contribution in [0, 0.1) is 6.08 Å². The number of hydrogen-bond acceptors (Lipinski definition) is 32. The highest BCUT2D eigenvalue weighted by Gasteiger charge is 2.27. The van der Waals surface area contributed by atoms with Crippen molar-refractivity contribution in [3.05, 3.63) is 133 Å². The first-order chi connectivity index (χ1) is 43.1. The maximum absolute atomic E-state index is 15.1. The van der Waals surface area contributed by atoms with Gasteiger partial charge in [-0.05, 0) is 101 Å². The average molecular weight is 1390 g/mol. The summed E-state index contributed by atoms with van der Waals surface area (Å²) in [5.41, 5.74) is -2.90. The molecule has 0 aliphatic carbocycles. The fraction of sp³-hybridized carbons (Fsp3) is 0.0204. The molecule has 42 heteroatoms. The predicted octanol–water partition coefficient (Wildman–Crippen LogP) is 11.4. The number of hydrogen-bond donors (Lipinski definition) is 11. The van der Waals surface area contributed by atoms with E-state index in [0.29, 0.717) is 11.1 Å². The molecule has 0 saturated carbocycles. The molecule has 0 radical (unpaired) electrons. The summed E-state index contributed by atoms with van der Waals surface area (Å²) in [7, 11) is -18.9. The minimum atomic E-state index is -5.21. The van der Waals surface area contributed by atoms with Crippen molar-refractivity contribution in [2.24, 2.45) is 20.5 Å². The summed E-state index contributed by atoms with van der Waals surface area (Å²) in [4.78, 5) is 21.3. The molecule has 34 nitrogen and oxygen atoms in total. The van der Waals surface area contributed by atoms with Crippen molar-refractivity contribution in [3.63, 3.8) is 0 Å². The van der Waals surface area contributed by atoms with Gasteiger partial charge in [-0.25, -0.2) is 10.5 Å². The fourth-order valence-corrected chi connectivity index (χ4v) is 12.3. The van der Waals surface area contributed by atoms with Crippen molar-refractivity contribution < 1.29 is 95.7 Å². The van der Waals surface area contributed by atoms with Gasteiger partial charge in [-0.3, -0.25) is 18.2 Å². The average Bonchev–Trinajstić information content (AvgIpc) is 0.783.